The van der Waals surface area contributed by atoms with Gasteiger partial charge >= 0.3 is 0 Å². The maximum Gasteiger partial charge on any atom is 0.00922 e. The van der Waals surface area contributed by atoms with Crippen molar-refractivity contribution in [3.05, 3.63) is 11.6 Å². The minimum absolute atomic E-state index is 1.04. The van der Waals surface area contributed by atoms with E-state index in [2.05, 4.69) is 18.8 Å². The number of unbranched alkanes of at least 4 members (excludes halogenated alkanes) is 2. The van der Waals surface area contributed by atoms with Gasteiger partial charge in [0.05, 0.1) is 0 Å². The molecule has 0 rings (SSSR count). The standard InChI is InChI=1S/C10H16/c1-4-6-7-8-9-10(3)5-2/h5H,4,6-7H2,1-3H3. The average Bonchev–Trinajstić information content (AvgIpc) is 1.98. The maximum atomic E-state index is 3.12. The Balaban J connectivity index is 3.49. The van der Waals surface area contributed by atoms with E-state index in [0.29, 0.717) is 0 Å². The van der Waals surface area contributed by atoms with Crippen molar-refractivity contribution in [1.29, 1.82) is 0 Å². The first kappa shape index (κ1) is 9.30. The number of rotatable bonds is 2. The normalized spacial score (nSPS) is 10.5. The van der Waals surface area contributed by atoms with Crippen molar-refractivity contribution in [2.75, 3.05) is 0 Å². The van der Waals surface area contributed by atoms with Gasteiger partial charge in [0.2, 0.25) is 0 Å². The van der Waals surface area contributed by atoms with Gasteiger partial charge in [-0.1, -0.05) is 31.3 Å². The van der Waals surface area contributed by atoms with Crippen LogP contribution in [0.4, 0.5) is 0 Å². The summed E-state index contributed by atoms with van der Waals surface area (Å²) in [6, 6.07) is 0. The second-order valence-electron chi connectivity index (χ2n) is 2.38. The predicted octanol–water partition coefficient (Wildman–Crippen LogP) is 3.15. The Labute approximate surface area is 64.3 Å². The fourth-order valence-electron chi connectivity index (χ4n) is 0.539. The molecule has 56 valence electrons. The molecular weight excluding hydrogens is 120 g/mol. The summed E-state index contributed by atoms with van der Waals surface area (Å²) in [5.74, 6) is 6.20. The zero-order chi connectivity index (χ0) is 7.82. The maximum absolute atomic E-state index is 3.12. The second kappa shape index (κ2) is 6.42. The quantitative estimate of drug-likeness (QED) is 0.404. The predicted molar refractivity (Wildman–Crippen MR) is 46.7 cm³/mol. The third-order valence-corrected chi connectivity index (χ3v) is 1.37. The number of hydrogen-bond acceptors (Lipinski definition) is 0. The summed E-state index contributed by atoms with van der Waals surface area (Å²) >= 11 is 0. The molecular formula is C10H16. The molecule has 0 aromatic carbocycles. The molecule has 0 unspecified atom stereocenters. The molecule has 0 nitrogen and oxygen atoms in total. The molecule has 0 aliphatic carbocycles. The van der Waals surface area contributed by atoms with Crippen molar-refractivity contribution in [3.63, 3.8) is 0 Å². The zero-order valence-corrected chi connectivity index (χ0v) is 7.20. The largest absolute Gasteiger partial charge is 0.0983 e. The molecule has 0 aromatic heterocycles. The van der Waals surface area contributed by atoms with Crippen LogP contribution in [0.25, 0.3) is 0 Å². The van der Waals surface area contributed by atoms with Crippen molar-refractivity contribution < 1.29 is 0 Å². The van der Waals surface area contributed by atoms with Crippen LogP contribution >= 0.6 is 0 Å². The van der Waals surface area contributed by atoms with E-state index in [4.69, 9.17) is 0 Å². The summed E-state index contributed by atoms with van der Waals surface area (Å²) in [5, 5.41) is 0. The second-order valence-corrected chi connectivity index (χ2v) is 2.38. The van der Waals surface area contributed by atoms with Crippen molar-refractivity contribution in [2.45, 2.75) is 40.0 Å². The Kier molecular flexibility index (Phi) is 5.97. The lowest BCUT2D eigenvalue weighted by Crippen LogP contribution is -1.69. The van der Waals surface area contributed by atoms with E-state index in [1.54, 1.807) is 0 Å². The summed E-state index contributed by atoms with van der Waals surface area (Å²) in [4.78, 5) is 0. The fourth-order valence-corrected chi connectivity index (χ4v) is 0.539. The van der Waals surface area contributed by atoms with Gasteiger partial charge in [0.15, 0.2) is 0 Å². The molecule has 0 aromatic rings. The molecule has 10 heavy (non-hydrogen) atoms. The van der Waals surface area contributed by atoms with Gasteiger partial charge in [-0.25, -0.2) is 0 Å². The van der Waals surface area contributed by atoms with Crippen molar-refractivity contribution in [2.24, 2.45) is 0 Å². The van der Waals surface area contributed by atoms with Crippen LogP contribution in [0.1, 0.15) is 40.0 Å². The summed E-state index contributed by atoms with van der Waals surface area (Å²) in [5.41, 5.74) is 1.18. The van der Waals surface area contributed by atoms with E-state index in [-0.39, 0.29) is 0 Å². The van der Waals surface area contributed by atoms with Gasteiger partial charge in [-0.3, -0.25) is 0 Å². The molecule has 0 heterocycles. The van der Waals surface area contributed by atoms with Crippen LogP contribution in [0.15, 0.2) is 11.6 Å². The lowest BCUT2D eigenvalue weighted by molar-refractivity contribution is 0.828. The van der Waals surface area contributed by atoms with Crippen molar-refractivity contribution in [1.82, 2.24) is 0 Å². The van der Waals surface area contributed by atoms with Crippen molar-refractivity contribution >= 4 is 0 Å². The molecule has 0 spiro atoms. The molecule has 0 fully saturated rings. The highest BCUT2D eigenvalue weighted by molar-refractivity contribution is 5.25. The fraction of sp³-hybridized carbons (Fsp3) is 0.600. The topological polar surface area (TPSA) is 0 Å². The lowest BCUT2D eigenvalue weighted by Gasteiger charge is -1.84. The molecule has 0 bridgehead atoms. The smallest absolute Gasteiger partial charge is 0.00922 e. The average molecular weight is 136 g/mol. The number of allylic oxidation sites excluding steroid dienone is 2. The van der Waals surface area contributed by atoms with E-state index >= 15 is 0 Å². The molecule has 0 saturated carbocycles. The summed E-state index contributed by atoms with van der Waals surface area (Å²) in [6.07, 6.45) is 5.55. The van der Waals surface area contributed by atoms with Crippen LogP contribution < -0.4 is 0 Å². The summed E-state index contributed by atoms with van der Waals surface area (Å²) in [6.45, 7) is 6.24. The monoisotopic (exact) mass is 136 g/mol. The Morgan fingerprint density at radius 1 is 1.50 bits per heavy atom. The molecule has 0 aliphatic heterocycles. The molecule has 0 amide bonds. The molecule has 0 saturated heterocycles. The van der Waals surface area contributed by atoms with Gasteiger partial charge in [-0.2, -0.15) is 0 Å². The van der Waals surface area contributed by atoms with E-state index in [1.165, 1.54) is 18.4 Å². The van der Waals surface area contributed by atoms with Gasteiger partial charge < -0.3 is 0 Å². The van der Waals surface area contributed by atoms with E-state index in [1.807, 2.05) is 19.9 Å². The first-order valence-electron chi connectivity index (χ1n) is 3.93. The Bertz CT molecular complexity index is 153. The third kappa shape index (κ3) is 5.44. The first-order chi connectivity index (χ1) is 4.81. The van der Waals surface area contributed by atoms with Crippen molar-refractivity contribution in [3.8, 4) is 11.8 Å². The molecule has 0 radical (unpaired) electrons. The van der Waals surface area contributed by atoms with E-state index in [0.717, 1.165) is 6.42 Å². The Morgan fingerprint density at radius 3 is 2.70 bits per heavy atom. The van der Waals surface area contributed by atoms with E-state index in [9.17, 15) is 0 Å². The lowest BCUT2D eigenvalue weighted by atomic mass is 10.2. The minimum Gasteiger partial charge on any atom is -0.0983 e. The molecule has 0 aliphatic rings. The Morgan fingerprint density at radius 2 is 2.20 bits per heavy atom. The summed E-state index contributed by atoms with van der Waals surface area (Å²) in [7, 11) is 0. The van der Waals surface area contributed by atoms with Crippen LogP contribution in [0.5, 0.6) is 0 Å². The molecule has 0 atom stereocenters. The van der Waals surface area contributed by atoms with Crippen LogP contribution in [-0.4, -0.2) is 0 Å². The highest BCUT2D eigenvalue weighted by Gasteiger charge is 1.77. The van der Waals surface area contributed by atoms with Crippen LogP contribution in [0.3, 0.4) is 0 Å². The number of hydrogen-bond donors (Lipinski definition) is 0. The first-order valence-corrected chi connectivity index (χ1v) is 3.93. The van der Waals surface area contributed by atoms with Crippen LogP contribution in [0.2, 0.25) is 0 Å². The SMILES string of the molecule is CC=C(C)C#CCCCC. The third-order valence-electron chi connectivity index (χ3n) is 1.37. The van der Waals surface area contributed by atoms with Gasteiger partial charge in [-0.05, 0) is 25.8 Å². The zero-order valence-electron chi connectivity index (χ0n) is 7.20. The highest BCUT2D eigenvalue weighted by atomic mass is 13.8. The summed E-state index contributed by atoms with van der Waals surface area (Å²) < 4.78 is 0. The minimum atomic E-state index is 1.04. The van der Waals surface area contributed by atoms with E-state index < -0.39 is 0 Å². The highest BCUT2D eigenvalue weighted by Crippen LogP contribution is 1.92. The van der Waals surface area contributed by atoms with Crippen LogP contribution in [-0.2, 0) is 0 Å². The van der Waals surface area contributed by atoms with Gasteiger partial charge in [0, 0.05) is 6.42 Å². The van der Waals surface area contributed by atoms with Crippen LogP contribution in [0, 0.1) is 11.8 Å². The van der Waals surface area contributed by atoms with Gasteiger partial charge in [0.1, 0.15) is 0 Å². The Hall–Kier alpha value is -0.700. The van der Waals surface area contributed by atoms with Gasteiger partial charge in [0.25, 0.3) is 0 Å². The molecule has 0 N–H and O–H groups in total. The van der Waals surface area contributed by atoms with Gasteiger partial charge in [-0.15, -0.1) is 0 Å². The molecule has 0 heteroatoms.